The van der Waals surface area contributed by atoms with Crippen molar-refractivity contribution in [1.82, 2.24) is 0 Å². The van der Waals surface area contributed by atoms with Crippen LogP contribution in [0.5, 0.6) is 0 Å². The smallest absolute Gasteiger partial charge is 0.306 e. The second-order valence-electron chi connectivity index (χ2n) is 18.6. The average Bonchev–Trinajstić information content (AvgIpc) is 3.35. The minimum Gasteiger partial charge on any atom is -0.462 e. The quantitative estimate of drug-likeness (QED) is 0.0374. The van der Waals surface area contributed by atoms with Crippen molar-refractivity contribution in [2.45, 2.75) is 258 Å². The lowest BCUT2D eigenvalue weighted by molar-refractivity contribution is -0.161. The monoisotopic (exact) mass is 955 g/mol. The first-order chi connectivity index (χ1) is 34.1. The minimum atomic E-state index is -0.783. The molecule has 69 heavy (non-hydrogen) atoms. The fourth-order valence-electron chi connectivity index (χ4n) is 7.72. The third-order valence-electron chi connectivity index (χ3n) is 12.0. The highest BCUT2D eigenvalue weighted by atomic mass is 16.6. The number of carbonyl (C=O) groups is 2. The summed E-state index contributed by atoms with van der Waals surface area (Å²) in [5.41, 5.74) is 0. The van der Waals surface area contributed by atoms with Crippen LogP contribution < -0.4 is 0 Å². The van der Waals surface area contributed by atoms with Crippen molar-refractivity contribution in [3.8, 4) is 0 Å². The molecule has 0 aliphatic heterocycles. The highest BCUT2D eigenvalue weighted by molar-refractivity contribution is 5.70. The van der Waals surface area contributed by atoms with Gasteiger partial charge in [0.1, 0.15) is 6.61 Å². The van der Waals surface area contributed by atoms with E-state index in [-0.39, 0.29) is 25.2 Å². The Balaban J connectivity index is 3.57. The number of aliphatic hydroxyl groups excluding tert-OH is 1. The van der Waals surface area contributed by atoms with E-state index in [4.69, 9.17) is 9.47 Å². The zero-order valence-corrected chi connectivity index (χ0v) is 44.8. The fourth-order valence-corrected chi connectivity index (χ4v) is 7.72. The fraction of sp³-hybridized carbons (Fsp3) is 0.656. The van der Waals surface area contributed by atoms with Crippen molar-refractivity contribution in [3.63, 3.8) is 0 Å². The van der Waals surface area contributed by atoms with Crippen molar-refractivity contribution in [1.29, 1.82) is 0 Å². The number of hydrogen-bond donors (Lipinski definition) is 1. The molecule has 1 atom stereocenters. The van der Waals surface area contributed by atoms with E-state index in [0.717, 1.165) is 103 Å². The van der Waals surface area contributed by atoms with Crippen molar-refractivity contribution in [2.75, 3.05) is 13.2 Å². The topological polar surface area (TPSA) is 72.8 Å². The first-order valence-corrected chi connectivity index (χ1v) is 28.6. The molecule has 1 N–H and O–H groups in total. The van der Waals surface area contributed by atoms with E-state index in [1.54, 1.807) is 0 Å². The van der Waals surface area contributed by atoms with Gasteiger partial charge in [0.25, 0.3) is 0 Å². The normalized spacial score (nSPS) is 13.1. The molecule has 0 saturated heterocycles. The standard InChI is InChI=1S/C64H106O5/c1-3-5-7-9-11-13-15-17-19-21-22-23-24-25-26-27-28-29-30-31-32-33-34-35-36-37-38-39-40-41-42-43-45-47-49-51-53-55-57-59-64(67)69-62(60-65)61-68-63(66)58-56-54-52-50-48-46-44-20-18-16-14-12-10-8-6-4-2/h5,7,11,13,17,19-20,22-23,25-26,28-29,31-32,34-35,37-38,44,62,65H,3-4,6,8-10,12,14-16,18,21,24,27,30,33,36,39-43,45-61H2,1-2H3/b7-5-,13-11-,19-17-,23-22-,26-25-,29-28-,32-31-,35-34-,38-37-,44-20-. The van der Waals surface area contributed by atoms with Crippen LogP contribution in [0.4, 0.5) is 0 Å². The zero-order chi connectivity index (χ0) is 49.9. The summed E-state index contributed by atoms with van der Waals surface area (Å²) in [4.78, 5) is 24.5. The Morgan fingerprint density at radius 1 is 0.348 bits per heavy atom. The van der Waals surface area contributed by atoms with Gasteiger partial charge in [-0.15, -0.1) is 0 Å². The molecular formula is C64H106O5. The molecule has 0 aromatic rings. The van der Waals surface area contributed by atoms with E-state index in [9.17, 15) is 14.7 Å². The van der Waals surface area contributed by atoms with Gasteiger partial charge in [-0.1, -0.05) is 251 Å². The van der Waals surface area contributed by atoms with Gasteiger partial charge in [0.15, 0.2) is 6.10 Å². The summed E-state index contributed by atoms with van der Waals surface area (Å²) in [6, 6.07) is 0. The highest BCUT2D eigenvalue weighted by Gasteiger charge is 2.16. The first kappa shape index (κ1) is 65.3. The third-order valence-corrected chi connectivity index (χ3v) is 12.0. The zero-order valence-electron chi connectivity index (χ0n) is 44.8. The largest absolute Gasteiger partial charge is 0.462 e. The lowest BCUT2D eigenvalue weighted by Gasteiger charge is -2.15. The van der Waals surface area contributed by atoms with Gasteiger partial charge in [-0.25, -0.2) is 0 Å². The summed E-state index contributed by atoms with van der Waals surface area (Å²) >= 11 is 0. The Morgan fingerprint density at radius 2 is 0.623 bits per heavy atom. The summed E-state index contributed by atoms with van der Waals surface area (Å²) in [6.07, 6.45) is 86.0. The highest BCUT2D eigenvalue weighted by Crippen LogP contribution is 2.15. The Hall–Kier alpha value is -3.70. The second kappa shape index (κ2) is 58.6. The van der Waals surface area contributed by atoms with Crippen LogP contribution >= 0.6 is 0 Å². The van der Waals surface area contributed by atoms with Crippen molar-refractivity contribution >= 4 is 11.9 Å². The van der Waals surface area contributed by atoms with Gasteiger partial charge in [-0.3, -0.25) is 9.59 Å². The number of allylic oxidation sites excluding steroid dienone is 20. The lowest BCUT2D eigenvalue weighted by atomic mass is 10.0. The van der Waals surface area contributed by atoms with Gasteiger partial charge in [0, 0.05) is 12.8 Å². The van der Waals surface area contributed by atoms with Gasteiger partial charge in [0.05, 0.1) is 6.61 Å². The summed E-state index contributed by atoms with van der Waals surface area (Å²) < 4.78 is 10.7. The SMILES string of the molecule is CC/C=C\C/C=C\C/C=C\C/C=C\C/C=C\C/C=C\C/C=C\C/C=C\C/C=C\CCCCCCCCCCCCCC(=O)OC(CO)COC(=O)CCCCCCC/C=C\CCCCCCCCC. The molecule has 0 aromatic heterocycles. The first-order valence-electron chi connectivity index (χ1n) is 28.6. The number of aliphatic hydroxyl groups is 1. The molecule has 0 spiro atoms. The maximum atomic E-state index is 12.3. The van der Waals surface area contributed by atoms with Crippen LogP contribution in [0.3, 0.4) is 0 Å². The van der Waals surface area contributed by atoms with Crippen LogP contribution in [0.25, 0.3) is 0 Å². The molecule has 0 aromatic carbocycles. The van der Waals surface area contributed by atoms with Crippen LogP contribution in [-0.4, -0.2) is 36.4 Å². The summed E-state index contributed by atoms with van der Waals surface area (Å²) in [6.45, 7) is 4.02. The maximum absolute atomic E-state index is 12.3. The van der Waals surface area contributed by atoms with Crippen LogP contribution in [0.2, 0.25) is 0 Å². The third kappa shape index (κ3) is 56.8. The number of ether oxygens (including phenoxy) is 2. The molecule has 0 aliphatic carbocycles. The molecule has 0 fully saturated rings. The molecule has 0 radical (unpaired) electrons. The summed E-state index contributed by atoms with van der Waals surface area (Å²) in [5.74, 6) is -0.605. The van der Waals surface area contributed by atoms with E-state index >= 15 is 0 Å². The van der Waals surface area contributed by atoms with Gasteiger partial charge < -0.3 is 14.6 Å². The predicted octanol–water partition coefficient (Wildman–Crippen LogP) is 19.5. The van der Waals surface area contributed by atoms with Gasteiger partial charge in [-0.2, -0.15) is 0 Å². The molecule has 0 rings (SSSR count). The predicted molar refractivity (Wildman–Crippen MR) is 302 cm³/mol. The van der Waals surface area contributed by atoms with E-state index in [0.29, 0.717) is 12.8 Å². The number of unbranched alkanes of at least 4 members (excludes halogenated alkanes) is 23. The Bertz CT molecular complexity index is 1400. The maximum Gasteiger partial charge on any atom is 0.306 e. The molecule has 1 unspecified atom stereocenters. The van der Waals surface area contributed by atoms with E-state index in [1.165, 1.54) is 122 Å². The molecule has 0 heterocycles. The molecule has 0 saturated carbocycles. The molecule has 0 aliphatic rings. The lowest BCUT2D eigenvalue weighted by Crippen LogP contribution is -2.28. The van der Waals surface area contributed by atoms with Crippen LogP contribution in [0.15, 0.2) is 122 Å². The van der Waals surface area contributed by atoms with Crippen molar-refractivity contribution in [2.24, 2.45) is 0 Å². The average molecular weight is 956 g/mol. The van der Waals surface area contributed by atoms with Crippen LogP contribution in [0, 0.1) is 0 Å². The van der Waals surface area contributed by atoms with E-state index < -0.39 is 6.10 Å². The van der Waals surface area contributed by atoms with E-state index in [1.807, 2.05) is 0 Å². The van der Waals surface area contributed by atoms with Crippen LogP contribution in [0.1, 0.15) is 251 Å². The van der Waals surface area contributed by atoms with E-state index in [2.05, 4.69) is 135 Å². The molecule has 5 nitrogen and oxygen atoms in total. The summed E-state index contributed by atoms with van der Waals surface area (Å²) in [7, 11) is 0. The summed E-state index contributed by atoms with van der Waals surface area (Å²) in [5, 5.41) is 9.64. The van der Waals surface area contributed by atoms with Gasteiger partial charge >= 0.3 is 11.9 Å². The molecule has 0 amide bonds. The minimum absolute atomic E-state index is 0.0755. The Kier molecular flexibility index (Phi) is 55.5. The molecule has 392 valence electrons. The molecular weight excluding hydrogens is 849 g/mol. The number of hydrogen-bond acceptors (Lipinski definition) is 5. The van der Waals surface area contributed by atoms with Crippen LogP contribution in [-0.2, 0) is 19.1 Å². The van der Waals surface area contributed by atoms with Crippen molar-refractivity contribution < 1.29 is 24.2 Å². The molecule has 5 heteroatoms. The number of carbonyl (C=O) groups excluding carboxylic acids is 2. The van der Waals surface area contributed by atoms with Gasteiger partial charge in [0.2, 0.25) is 0 Å². The number of rotatable bonds is 51. The second-order valence-corrected chi connectivity index (χ2v) is 18.6. The van der Waals surface area contributed by atoms with Crippen molar-refractivity contribution in [3.05, 3.63) is 122 Å². The van der Waals surface area contributed by atoms with Gasteiger partial charge in [-0.05, 0) is 109 Å². The molecule has 0 bridgehead atoms. The number of esters is 2. The Morgan fingerprint density at radius 3 is 0.957 bits per heavy atom. The Labute approximate surface area is 426 Å².